The molecule has 0 bridgehead atoms. The molecular weight excluding hydrogens is 296 g/mol. The molecule has 1 fully saturated rings. The van der Waals surface area contributed by atoms with E-state index in [9.17, 15) is 8.42 Å². The van der Waals surface area contributed by atoms with Crippen molar-refractivity contribution < 1.29 is 8.42 Å². The van der Waals surface area contributed by atoms with E-state index in [1.807, 2.05) is 11.9 Å². The molecular formula is C12H22N4O2S2. The maximum Gasteiger partial charge on any atom is 0.184 e. The summed E-state index contributed by atoms with van der Waals surface area (Å²) in [5, 5.41) is 0.656. The standard InChI is InChI=1S/C12H22N4O2S2/c1-3-20(17,18)10-11(13)14-19-12(10)15(2)8-9-16-6-4-5-7-16/h3-9H2,1-2H3,(H2,13,14). The van der Waals surface area contributed by atoms with E-state index in [0.29, 0.717) is 5.00 Å². The molecule has 0 saturated carbocycles. The van der Waals surface area contributed by atoms with Crippen molar-refractivity contribution in [1.82, 2.24) is 9.27 Å². The number of likely N-dealkylation sites (tertiary alicyclic amines) is 1. The van der Waals surface area contributed by atoms with Crippen molar-refractivity contribution in [1.29, 1.82) is 0 Å². The number of nitrogens with two attached hydrogens (primary N) is 1. The Morgan fingerprint density at radius 1 is 1.40 bits per heavy atom. The molecule has 0 aromatic carbocycles. The number of sulfone groups is 1. The molecule has 1 saturated heterocycles. The molecule has 0 radical (unpaired) electrons. The van der Waals surface area contributed by atoms with Gasteiger partial charge in [0.25, 0.3) is 0 Å². The number of likely N-dealkylation sites (N-methyl/N-ethyl adjacent to an activating group) is 1. The van der Waals surface area contributed by atoms with Gasteiger partial charge in [-0.15, -0.1) is 0 Å². The van der Waals surface area contributed by atoms with Crippen LogP contribution in [0.5, 0.6) is 0 Å². The van der Waals surface area contributed by atoms with E-state index in [-0.39, 0.29) is 16.5 Å². The third-order valence-electron chi connectivity index (χ3n) is 3.65. The lowest BCUT2D eigenvalue weighted by atomic mass is 10.4. The van der Waals surface area contributed by atoms with E-state index in [1.54, 1.807) is 6.92 Å². The molecule has 1 aliphatic rings. The van der Waals surface area contributed by atoms with Crippen LogP contribution in [0.3, 0.4) is 0 Å². The molecule has 6 nitrogen and oxygen atoms in total. The maximum atomic E-state index is 12.1. The second-order valence-corrected chi connectivity index (χ2v) is 8.04. The van der Waals surface area contributed by atoms with Crippen molar-refractivity contribution in [2.24, 2.45) is 0 Å². The Hall–Kier alpha value is -0.860. The number of hydrogen-bond acceptors (Lipinski definition) is 7. The summed E-state index contributed by atoms with van der Waals surface area (Å²) in [6.07, 6.45) is 2.51. The van der Waals surface area contributed by atoms with Crippen molar-refractivity contribution in [2.75, 3.05) is 49.6 Å². The van der Waals surface area contributed by atoms with Gasteiger partial charge in [0.1, 0.15) is 9.90 Å². The maximum absolute atomic E-state index is 12.1. The quantitative estimate of drug-likeness (QED) is 0.844. The van der Waals surface area contributed by atoms with Gasteiger partial charge in [-0.1, -0.05) is 6.92 Å². The summed E-state index contributed by atoms with van der Waals surface area (Å²) >= 11 is 1.16. The lowest BCUT2D eigenvalue weighted by Crippen LogP contribution is -2.31. The number of nitrogens with zero attached hydrogens (tertiary/aromatic N) is 3. The fourth-order valence-corrected chi connectivity index (χ4v) is 4.68. The van der Waals surface area contributed by atoms with Crippen LogP contribution in [0, 0.1) is 0 Å². The van der Waals surface area contributed by atoms with Crippen LogP contribution in [-0.4, -0.2) is 56.7 Å². The average Bonchev–Trinajstić information content (AvgIpc) is 3.05. The monoisotopic (exact) mass is 318 g/mol. The fraction of sp³-hybridized carbons (Fsp3) is 0.750. The van der Waals surface area contributed by atoms with Gasteiger partial charge in [-0.05, 0) is 37.5 Å². The Kier molecular flexibility index (Phi) is 4.87. The van der Waals surface area contributed by atoms with Crippen LogP contribution in [0.4, 0.5) is 10.8 Å². The summed E-state index contributed by atoms with van der Waals surface area (Å²) in [6, 6.07) is 0. The highest BCUT2D eigenvalue weighted by Crippen LogP contribution is 2.34. The Morgan fingerprint density at radius 2 is 2.05 bits per heavy atom. The van der Waals surface area contributed by atoms with Crippen molar-refractivity contribution in [3.05, 3.63) is 0 Å². The minimum Gasteiger partial charge on any atom is -0.382 e. The zero-order valence-electron chi connectivity index (χ0n) is 12.0. The number of aromatic nitrogens is 1. The Balaban J connectivity index is 2.11. The van der Waals surface area contributed by atoms with E-state index < -0.39 is 9.84 Å². The Morgan fingerprint density at radius 3 is 2.65 bits per heavy atom. The van der Waals surface area contributed by atoms with E-state index in [2.05, 4.69) is 9.27 Å². The second kappa shape index (κ2) is 6.28. The van der Waals surface area contributed by atoms with Crippen molar-refractivity contribution >= 4 is 32.2 Å². The topological polar surface area (TPSA) is 79.5 Å². The number of rotatable bonds is 6. The third kappa shape index (κ3) is 3.24. The Bertz CT molecular complexity index is 550. The van der Waals surface area contributed by atoms with Gasteiger partial charge >= 0.3 is 0 Å². The molecule has 2 rings (SSSR count). The molecule has 0 spiro atoms. The molecule has 0 amide bonds. The van der Waals surface area contributed by atoms with Crippen LogP contribution in [0.25, 0.3) is 0 Å². The van der Waals surface area contributed by atoms with Gasteiger partial charge < -0.3 is 15.5 Å². The molecule has 8 heteroatoms. The predicted octanol–water partition coefficient (Wildman–Crippen LogP) is 1.05. The SMILES string of the molecule is CCS(=O)(=O)c1c(N)nsc1N(C)CCN1CCCC1. The van der Waals surface area contributed by atoms with Crippen LogP contribution >= 0.6 is 11.5 Å². The first-order valence-corrected chi connectivity index (χ1v) is 9.29. The van der Waals surface area contributed by atoms with E-state index in [4.69, 9.17) is 5.73 Å². The molecule has 2 N–H and O–H groups in total. The van der Waals surface area contributed by atoms with Crippen LogP contribution in [-0.2, 0) is 9.84 Å². The molecule has 0 aliphatic carbocycles. The van der Waals surface area contributed by atoms with Crippen LogP contribution < -0.4 is 10.6 Å². The molecule has 2 heterocycles. The molecule has 1 aromatic rings. The summed E-state index contributed by atoms with van der Waals surface area (Å²) in [5.41, 5.74) is 5.74. The molecule has 1 aromatic heterocycles. The van der Waals surface area contributed by atoms with Gasteiger partial charge in [-0.3, -0.25) is 0 Å². The minimum absolute atomic E-state index is 0.0442. The zero-order chi connectivity index (χ0) is 14.8. The van der Waals surface area contributed by atoms with Crippen LogP contribution in [0.1, 0.15) is 19.8 Å². The van der Waals surface area contributed by atoms with E-state index in [1.165, 1.54) is 12.8 Å². The fourth-order valence-electron chi connectivity index (χ4n) is 2.36. The van der Waals surface area contributed by atoms with Gasteiger partial charge in [0.15, 0.2) is 15.7 Å². The molecule has 0 unspecified atom stereocenters. The summed E-state index contributed by atoms with van der Waals surface area (Å²) in [4.78, 5) is 4.55. The lowest BCUT2D eigenvalue weighted by molar-refractivity contribution is 0.347. The highest BCUT2D eigenvalue weighted by molar-refractivity contribution is 7.91. The lowest BCUT2D eigenvalue weighted by Gasteiger charge is -2.22. The van der Waals surface area contributed by atoms with Gasteiger partial charge in [0.05, 0.1) is 5.75 Å². The average molecular weight is 318 g/mol. The summed E-state index contributed by atoms with van der Waals surface area (Å²) in [5.74, 6) is 0.169. The molecule has 20 heavy (non-hydrogen) atoms. The van der Waals surface area contributed by atoms with Gasteiger partial charge in [0.2, 0.25) is 0 Å². The van der Waals surface area contributed by atoms with Crippen LogP contribution in [0.15, 0.2) is 4.90 Å². The largest absolute Gasteiger partial charge is 0.382 e. The molecule has 114 valence electrons. The Labute approximate surface area is 124 Å². The second-order valence-electron chi connectivity index (χ2n) is 5.08. The predicted molar refractivity (Wildman–Crippen MR) is 83.2 cm³/mol. The highest BCUT2D eigenvalue weighted by atomic mass is 32.2. The van der Waals surface area contributed by atoms with Crippen molar-refractivity contribution in [3.63, 3.8) is 0 Å². The molecule has 0 atom stereocenters. The van der Waals surface area contributed by atoms with E-state index >= 15 is 0 Å². The first kappa shape index (κ1) is 15.5. The van der Waals surface area contributed by atoms with Gasteiger partial charge in [0, 0.05) is 20.1 Å². The van der Waals surface area contributed by atoms with Crippen molar-refractivity contribution in [3.8, 4) is 0 Å². The number of hydrogen-bond donors (Lipinski definition) is 1. The first-order chi connectivity index (χ1) is 9.45. The van der Waals surface area contributed by atoms with Gasteiger partial charge in [-0.2, -0.15) is 4.37 Å². The third-order valence-corrected chi connectivity index (χ3v) is 6.54. The summed E-state index contributed by atoms with van der Waals surface area (Å²) in [7, 11) is -1.43. The van der Waals surface area contributed by atoms with Crippen molar-refractivity contribution in [2.45, 2.75) is 24.7 Å². The highest BCUT2D eigenvalue weighted by Gasteiger charge is 2.26. The number of nitrogen functional groups attached to an aromatic ring is 1. The van der Waals surface area contributed by atoms with E-state index in [0.717, 1.165) is 37.7 Å². The van der Waals surface area contributed by atoms with Gasteiger partial charge in [-0.25, -0.2) is 8.42 Å². The molecule has 1 aliphatic heterocycles. The summed E-state index contributed by atoms with van der Waals surface area (Å²) in [6.45, 7) is 5.63. The summed E-state index contributed by atoms with van der Waals surface area (Å²) < 4.78 is 28.3. The normalized spacial score (nSPS) is 16.7. The smallest absolute Gasteiger partial charge is 0.184 e. The minimum atomic E-state index is -3.33. The number of anilines is 2. The first-order valence-electron chi connectivity index (χ1n) is 6.87. The van der Waals surface area contributed by atoms with Crippen LogP contribution in [0.2, 0.25) is 0 Å². The zero-order valence-corrected chi connectivity index (χ0v) is 13.6.